The molecule has 3 aliphatic rings. The molecule has 5 atom stereocenters. The van der Waals surface area contributed by atoms with Gasteiger partial charge >= 0.3 is 0 Å². The van der Waals surface area contributed by atoms with Crippen molar-refractivity contribution in [3.63, 3.8) is 0 Å². The number of nitroso groups, excluding NO2 is 1. The van der Waals surface area contributed by atoms with E-state index in [1.54, 1.807) is 11.9 Å². The maximum Gasteiger partial charge on any atom is 0.234 e. The van der Waals surface area contributed by atoms with E-state index in [1.807, 2.05) is 4.90 Å². The van der Waals surface area contributed by atoms with Crippen LogP contribution in [0.5, 0.6) is 0 Å². The highest BCUT2D eigenvalue weighted by Crippen LogP contribution is 2.31. The van der Waals surface area contributed by atoms with E-state index in [2.05, 4.69) is 25.7 Å². The fourth-order valence-electron chi connectivity index (χ4n) is 4.85. The van der Waals surface area contributed by atoms with E-state index in [4.69, 9.17) is 10.5 Å². The first-order chi connectivity index (χ1) is 15.9. The first kappa shape index (κ1) is 23.8. The monoisotopic (exact) mass is 468 g/mol. The van der Waals surface area contributed by atoms with E-state index in [-0.39, 0.29) is 30.5 Å². The molecule has 4 N–H and O–H groups in total. The molecule has 4 rings (SSSR count). The van der Waals surface area contributed by atoms with Gasteiger partial charge in [0, 0.05) is 39.3 Å². The molecule has 0 bridgehead atoms. The van der Waals surface area contributed by atoms with Crippen molar-refractivity contribution in [2.75, 3.05) is 69.7 Å². The van der Waals surface area contributed by atoms with Crippen molar-refractivity contribution in [1.82, 2.24) is 20.1 Å². The number of amides is 1. The van der Waals surface area contributed by atoms with Crippen LogP contribution >= 0.6 is 0 Å². The minimum Gasteiger partial charge on any atom is -0.378 e. The predicted molar refractivity (Wildman–Crippen MR) is 118 cm³/mol. The molecule has 1 aromatic rings. The van der Waals surface area contributed by atoms with Crippen molar-refractivity contribution >= 4 is 17.3 Å². The first-order valence-electron chi connectivity index (χ1n) is 11.1. The summed E-state index contributed by atoms with van der Waals surface area (Å²) in [5.41, 5.74) is 6.27. The molecular weight excluding hydrogens is 438 g/mol. The van der Waals surface area contributed by atoms with Gasteiger partial charge < -0.3 is 20.7 Å². The number of hydrogen-bond acceptors (Lipinski definition) is 10. The van der Waals surface area contributed by atoms with Gasteiger partial charge in [-0.25, -0.2) is 8.78 Å². The highest BCUT2D eigenvalue weighted by Gasteiger charge is 2.40. The number of ether oxygens (including phenoxy) is 1. The second kappa shape index (κ2) is 10.3. The lowest BCUT2D eigenvalue weighted by atomic mass is 9.98. The van der Waals surface area contributed by atoms with Gasteiger partial charge in [0.1, 0.15) is 17.8 Å². The van der Waals surface area contributed by atoms with Crippen LogP contribution in [0.25, 0.3) is 0 Å². The third kappa shape index (κ3) is 5.11. The third-order valence-electron chi connectivity index (χ3n) is 6.53. The normalized spacial score (nSPS) is 28.6. The molecule has 0 spiro atoms. The molecule has 1 amide bonds. The number of rotatable bonds is 6. The van der Waals surface area contributed by atoms with E-state index in [0.29, 0.717) is 26.3 Å². The summed E-state index contributed by atoms with van der Waals surface area (Å²) in [6.07, 6.45) is -0.738. The van der Waals surface area contributed by atoms with Crippen molar-refractivity contribution < 1.29 is 18.3 Å². The molecule has 11 nitrogen and oxygen atoms in total. The third-order valence-corrected chi connectivity index (χ3v) is 6.53. The number of anilines is 2. The molecule has 13 heteroatoms. The van der Waals surface area contributed by atoms with Gasteiger partial charge in [-0.3, -0.25) is 24.9 Å². The molecule has 3 saturated heterocycles. The maximum atomic E-state index is 14.9. The molecule has 0 aromatic carbocycles. The van der Waals surface area contributed by atoms with Gasteiger partial charge in [0.05, 0.1) is 43.5 Å². The summed E-state index contributed by atoms with van der Waals surface area (Å²) in [5, 5.41) is 8.45. The lowest BCUT2D eigenvalue weighted by molar-refractivity contribution is -0.124. The predicted octanol–water partition coefficient (Wildman–Crippen LogP) is -0.453. The number of hydrogen-bond donors (Lipinski definition) is 3. The number of fused-ring (bicyclic) bond motifs is 1. The molecule has 0 aliphatic carbocycles. The number of halogens is 2. The molecule has 0 saturated carbocycles. The van der Waals surface area contributed by atoms with Gasteiger partial charge in [0.2, 0.25) is 5.91 Å². The Labute approximate surface area is 190 Å². The zero-order chi connectivity index (χ0) is 23.5. The van der Waals surface area contributed by atoms with Crippen molar-refractivity contribution in [3.05, 3.63) is 23.1 Å². The molecular formula is C20H30F2N8O3. The minimum atomic E-state index is -1.38. The van der Waals surface area contributed by atoms with Crippen LogP contribution in [0.4, 0.5) is 20.2 Å². The van der Waals surface area contributed by atoms with Gasteiger partial charge in [0.25, 0.3) is 0 Å². The van der Waals surface area contributed by atoms with E-state index < -0.39 is 36.1 Å². The number of morpholine rings is 1. The van der Waals surface area contributed by atoms with Crippen LogP contribution < -0.4 is 21.3 Å². The number of alkyl halides is 1. The number of nitrogens with one attached hydrogen (secondary N) is 2. The molecule has 0 radical (unpaired) electrons. The van der Waals surface area contributed by atoms with Crippen molar-refractivity contribution in [2.24, 2.45) is 16.8 Å². The number of pyridine rings is 1. The second-order valence-corrected chi connectivity index (χ2v) is 8.73. The smallest absolute Gasteiger partial charge is 0.234 e. The Morgan fingerprint density at radius 1 is 1.36 bits per heavy atom. The zero-order valence-corrected chi connectivity index (χ0v) is 18.5. The molecule has 1 aromatic heterocycles. The summed E-state index contributed by atoms with van der Waals surface area (Å²) in [6.45, 7) is 4.02. The van der Waals surface area contributed by atoms with Crippen LogP contribution in [0.2, 0.25) is 0 Å². The summed E-state index contributed by atoms with van der Waals surface area (Å²) >= 11 is 0. The number of carbonyl (C=O) groups is 1. The summed E-state index contributed by atoms with van der Waals surface area (Å²) in [5.74, 6) is -2.32. The van der Waals surface area contributed by atoms with Crippen LogP contribution in [-0.4, -0.2) is 105 Å². The summed E-state index contributed by atoms with van der Waals surface area (Å²) in [4.78, 5) is 34.2. The van der Waals surface area contributed by atoms with Crippen molar-refractivity contribution in [2.45, 2.75) is 24.5 Å². The SMILES string of the molecule is CN1CC(F)CNC1C(C(=O)Nc1cncc(F)c1N1CCN2CCOC[C@H]2C1)C(N)N=O. The van der Waals surface area contributed by atoms with E-state index >= 15 is 0 Å². The van der Waals surface area contributed by atoms with E-state index in [9.17, 15) is 18.5 Å². The first-order valence-corrected chi connectivity index (χ1v) is 11.1. The number of nitrogens with zero attached hydrogens (tertiary/aromatic N) is 5. The van der Waals surface area contributed by atoms with Crippen LogP contribution in [0.15, 0.2) is 17.6 Å². The Balaban J connectivity index is 1.55. The van der Waals surface area contributed by atoms with Gasteiger partial charge in [-0.15, -0.1) is 4.91 Å². The number of aromatic nitrogens is 1. The Kier molecular flexibility index (Phi) is 7.44. The molecule has 33 heavy (non-hydrogen) atoms. The minimum absolute atomic E-state index is 0.0187. The zero-order valence-electron chi connectivity index (χ0n) is 18.5. The van der Waals surface area contributed by atoms with Crippen LogP contribution in [0, 0.1) is 16.6 Å². The second-order valence-electron chi connectivity index (χ2n) is 8.73. The Morgan fingerprint density at radius 3 is 2.94 bits per heavy atom. The summed E-state index contributed by atoms with van der Waals surface area (Å²) < 4.78 is 34.2. The topological polar surface area (TPSA) is 128 Å². The highest BCUT2D eigenvalue weighted by molar-refractivity contribution is 5.96. The van der Waals surface area contributed by atoms with Gasteiger partial charge in [-0.1, -0.05) is 5.18 Å². The van der Waals surface area contributed by atoms with Crippen molar-refractivity contribution in [1.29, 1.82) is 0 Å². The Bertz CT molecular complexity index is 865. The number of carbonyl (C=O) groups excluding carboxylic acids is 1. The average Bonchev–Trinajstić information content (AvgIpc) is 2.80. The van der Waals surface area contributed by atoms with Crippen LogP contribution in [0.3, 0.4) is 0 Å². The lowest BCUT2D eigenvalue weighted by Crippen LogP contribution is -2.62. The molecule has 4 heterocycles. The summed E-state index contributed by atoms with van der Waals surface area (Å²) in [6, 6.07) is 0.123. The number of piperazine rings is 1. The number of nitrogens with two attached hydrogens (primary N) is 1. The van der Waals surface area contributed by atoms with Gasteiger partial charge in [-0.05, 0) is 7.05 Å². The quantitative estimate of drug-likeness (QED) is 0.476. The highest BCUT2D eigenvalue weighted by atomic mass is 19.1. The summed E-state index contributed by atoms with van der Waals surface area (Å²) in [7, 11) is 1.63. The largest absolute Gasteiger partial charge is 0.378 e. The lowest BCUT2D eigenvalue weighted by Gasteiger charge is -2.45. The molecule has 3 aliphatic heterocycles. The van der Waals surface area contributed by atoms with E-state index in [1.165, 1.54) is 6.20 Å². The Morgan fingerprint density at radius 2 is 2.18 bits per heavy atom. The van der Waals surface area contributed by atoms with Gasteiger partial charge in [-0.2, -0.15) is 0 Å². The fraction of sp³-hybridized carbons (Fsp3) is 0.700. The molecule has 182 valence electrons. The molecule has 4 unspecified atom stereocenters. The average molecular weight is 469 g/mol. The van der Waals surface area contributed by atoms with E-state index in [0.717, 1.165) is 19.3 Å². The fourth-order valence-corrected chi connectivity index (χ4v) is 4.85. The van der Waals surface area contributed by atoms with Crippen LogP contribution in [-0.2, 0) is 9.53 Å². The standard InChI is InChI=1S/C20H30F2N8O3/c1-28-9-12(21)6-25-19(28)16(18(23)27-32)20(31)26-15-8-24-7-14(22)17(15)30-3-2-29-4-5-33-11-13(29)10-30/h7-8,12-13,16,18-19,25H,2-6,9-11,23H2,1H3,(H,26,31)/t12?,13-,16?,18?,19?/m1/s1. The molecule has 3 fully saturated rings. The van der Waals surface area contributed by atoms with Crippen LogP contribution in [0.1, 0.15) is 0 Å². The maximum absolute atomic E-state index is 14.9. The van der Waals surface area contributed by atoms with Gasteiger partial charge in [0.15, 0.2) is 12.0 Å². The van der Waals surface area contributed by atoms with Crippen molar-refractivity contribution in [3.8, 4) is 0 Å². The Hall–Kier alpha value is -2.32.